The first kappa shape index (κ1) is 12.8. The van der Waals surface area contributed by atoms with E-state index in [9.17, 15) is 9.18 Å². The molecule has 2 rings (SSSR count). The van der Waals surface area contributed by atoms with Crippen LogP contribution in [-0.4, -0.2) is 38.1 Å². The second-order valence-electron chi connectivity index (χ2n) is 4.44. The fourth-order valence-corrected chi connectivity index (χ4v) is 2.16. The third-order valence-electron chi connectivity index (χ3n) is 3.16. The van der Waals surface area contributed by atoms with Crippen molar-refractivity contribution < 1.29 is 13.9 Å². The van der Waals surface area contributed by atoms with Gasteiger partial charge in [0.15, 0.2) is 0 Å². The first-order chi connectivity index (χ1) is 8.61. The van der Waals surface area contributed by atoms with Gasteiger partial charge >= 0.3 is 5.97 Å². The second-order valence-corrected chi connectivity index (χ2v) is 4.44. The highest BCUT2D eigenvalue weighted by Crippen LogP contribution is 2.27. The molecule has 0 atom stereocenters. The Balaban J connectivity index is 2.43. The van der Waals surface area contributed by atoms with Crippen LogP contribution in [0.1, 0.15) is 12.0 Å². The molecule has 1 heterocycles. The maximum atomic E-state index is 12.9. The highest BCUT2D eigenvalue weighted by molar-refractivity contribution is 5.98. The molecule has 3 nitrogen and oxygen atoms in total. The zero-order valence-electron chi connectivity index (χ0n) is 10.6. The van der Waals surface area contributed by atoms with Gasteiger partial charge in [0.25, 0.3) is 0 Å². The van der Waals surface area contributed by atoms with Gasteiger partial charge in [0.05, 0.1) is 7.11 Å². The minimum Gasteiger partial charge on any atom is -0.466 e. The van der Waals surface area contributed by atoms with E-state index in [1.165, 1.54) is 19.2 Å². The van der Waals surface area contributed by atoms with Crippen molar-refractivity contribution >= 4 is 11.5 Å². The van der Waals surface area contributed by atoms with E-state index in [0.717, 1.165) is 17.7 Å². The van der Waals surface area contributed by atoms with E-state index in [4.69, 9.17) is 4.74 Å². The lowest BCUT2D eigenvalue weighted by molar-refractivity contribution is -0.136. The van der Waals surface area contributed by atoms with Crippen molar-refractivity contribution in [1.29, 1.82) is 0 Å². The summed E-state index contributed by atoms with van der Waals surface area (Å²) in [4.78, 5) is 13.9. The highest BCUT2D eigenvalue weighted by Gasteiger charge is 2.23. The molecule has 1 aliphatic rings. The van der Waals surface area contributed by atoms with Gasteiger partial charge in [-0.05, 0) is 36.7 Å². The van der Waals surface area contributed by atoms with E-state index in [0.29, 0.717) is 18.5 Å². The summed E-state index contributed by atoms with van der Waals surface area (Å²) in [6, 6.07) is 6.22. The molecule has 0 bridgehead atoms. The number of nitrogens with zero attached hydrogens (tertiary/aromatic N) is 1. The summed E-state index contributed by atoms with van der Waals surface area (Å²) in [6.07, 6.45) is 0.663. The Hall–Kier alpha value is -1.68. The number of esters is 1. The molecule has 4 heteroatoms. The van der Waals surface area contributed by atoms with Crippen molar-refractivity contribution in [2.45, 2.75) is 6.42 Å². The summed E-state index contributed by atoms with van der Waals surface area (Å²) >= 11 is 0. The third-order valence-corrected chi connectivity index (χ3v) is 3.16. The number of benzene rings is 1. The number of carbonyl (C=O) groups is 1. The maximum Gasteiger partial charge on any atom is 0.334 e. The van der Waals surface area contributed by atoms with Gasteiger partial charge in [-0.15, -0.1) is 0 Å². The van der Waals surface area contributed by atoms with Crippen molar-refractivity contribution in [3.8, 4) is 0 Å². The Labute approximate surface area is 106 Å². The Morgan fingerprint density at radius 3 is 2.61 bits per heavy atom. The summed E-state index contributed by atoms with van der Waals surface area (Å²) < 4.78 is 17.7. The first-order valence-electron chi connectivity index (χ1n) is 5.86. The monoisotopic (exact) mass is 249 g/mol. The van der Waals surface area contributed by atoms with Crippen LogP contribution in [0.4, 0.5) is 4.39 Å². The van der Waals surface area contributed by atoms with Gasteiger partial charge in [0, 0.05) is 18.7 Å². The number of hydrogen-bond acceptors (Lipinski definition) is 3. The number of methoxy groups -OCH3 is 1. The molecule has 0 unspecified atom stereocenters. The Morgan fingerprint density at radius 2 is 2.00 bits per heavy atom. The molecule has 0 N–H and O–H groups in total. The summed E-state index contributed by atoms with van der Waals surface area (Å²) in [5.41, 5.74) is 2.50. The second kappa shape index (κ2) is 5.31. The van der Waals surface area contributed by atoms with Crippen LogP contribution in [0, 0.1) is 5.82 Å². The first-order valence-corrected chi connectivity index (χ1v) is 5.86. The number of likely N-dealkylation sites (N-methyl/N-ethyl adjacent to an activating group) is 1. The number of ether oxygens (including phenoxy) is 1. The zero-order valence-corrected chi connectivity index (χ0v) is 10.6. The number of hydrogen-bond donors (Lipinski definition) is 0. The van der Waals surface area contributed by atoms with E-state index in [2.05, 4.69) is 4.90 Å². The Kier molecular flexibility index (Phi) is 3.77. The summed E-state index contributed by atoms with van der Waals surface area (Å²) in [7, 11) is 3.38. The van der Waals surface area contributed by atoms with Crippen LogP contribution in [0.25, 0.3) is 5.57 Å². The molecule has 0 saturated heterocycles. The average molecular weight is 249 g/mol. The summed E-state index contributed by atoms with van der Waals surface area (Å²) in [5, 5.41) is 0. The molecule has 18 heavy (non-hydrogen) atoms. The van der Waals surface area contributed by atoms with Crippen LogP contribution < -0.4 is 0 Å². The van der Waals surface area contributed by atoms with E-state index >= 15 is 0 Å². The van der Waals surface area contributed by atoms with Gasteiger partial charge in [0.2, 0.25) is 0 Å². The number of halogens is 1. The van der Waals surface area contributed by atoms with Crippen molar-refractivity contribution in [2.24, 2.45) is 0 Å². The molecule has 0 spiro atoms. The van der Waals surface area contributed by atoms with Crippen LogP contribution in [0.5, 0.6) is 0 Å². The van der Waals surface area contributed by atoms with E-state index in [1.54, 1.807) is 12.1 Å². The molecule has 0 amide bonds. The fraction of sp³-hybridized carbons (Fsp3) is 0.357. The topological polar surface area (TPSA) is 29.5 Å². The van der Waals surface area contributed by atoms with E-state index in [-0.39, 0.29) is 11.8 Å². The van der Waals surface area contributed by atoms with Crippen molar-refractivity contribution in [2.75, 3.05) is 27.2 Å². The van der Waals surface area contributed by atoms with Gasteiger partial charge < -0.3 is 9.64 Å². The molecule has 0 aromatic heterocycles. The molecule has 0 saturated carbocycles. The maximum absolute atomic E-state index is 12.9. The standard InChI is InChI=1S/C14H16FNO2/c1-16-8-7-12(14(17)18-2)13(9-16)10-3-5-11(15)6-4-10/h3-6H,7-9H2,1-2H3. The van der Waals surface area contributed by atoms with Gasteiger partial charge in [-0.25, -0.2) is 9.18 Å². The average Bonchev–Trinajstić information content (AvgIpc) is 2.38. The van der Waals surface area contributed by atoms with Crippen LogP contribution in [0.15, 0.2) is 29.8 Å². The van der Waals surface area contributed by atoms with Crippen LogP contribution in [-0.2, 0) is 9.53 Å². The minimum atomic E-state index is -0.289. The molecule has 0 fully saturated rings. The third kappa shape index (κ3) is 2.59. The molecule has 1 aromatic carbocycles. The number of carbonyl (C=O) groups excluding carboxylic acids is 1. The normalized spacial score (nSPS) is 16.8. The van der Waals surface area contributed by atoms with Gasteiger partial charge in [0.1, 0.15) is 5.82 Å². The molecule has 0 aliphatic carbocycles. The molecular formula is C14H16FNO2. The molecule has 0 radical (unpaired) electrons. The quantitative estimate of drug-likeness (QED) is 0.752. The predicted molar refractivity (Wildman–Crippen MR) is 67.5 cm³/mol. The highest BCUT2D eigenvalue weighted by atomic mass is 19.1. The largest absolute Gasteiger partial charge is 0.466 e. The van der Waals surface area contributed by atoms with Crippen molar-refractivity contribution in [3.05, 3.63) is 41.2 Å². The van der Waals surface area contributed by atoms with E-state index < -0.39 is 0 Å². The van der Waals surface area contributed by atoms with Gasteiger partial charge in [-0.3, -0.25) is 0 Å². The SMILES string of the molecule is COC(=O)C1=C(c2ccc(F)cc2)CN(C)CC1. The van der Waals surface area contributed by atoms with E-state index in [1.807, 2.05) is 7.05 Å². The Bertz CT molecular complexity index is 479. The van der Waals surface area contributed by atoms with Gasteiger partial charge in [-0.2, -0.15) is 0 Å². The molecule has 1 aliphatic heterocycles. The molecule has 96 valence electrons. The molecular weight excluding hydrogens is 233 g/mol. The smallest absolute Gasteiger partial charge is 0.334 e. The number of rotatable bonds is 2. The lowest BCUT2D eigenvalue weighted by Gasteiger charge is -2.26. The summed E-state index contributed by atoms with van der Waals surface area (Å²) in [5.74, 6) is -0.564. The minimum absolute atomic E-state index is 0.275. The van der Waals surface area contributed by atoms with Crippen LogP contribution >= 0.6 is 0 Å². The van der Waals surface area contributed by atoms with Crippen molar-refractivity contribution in [3.63, 3.8) is 0 Å². The van der Waals surface area contributed by atoms with Crippen molar-refractivity contribution in [1.82, 2.24) is 4.90 Å². The van der Waals surface area contributed by atoms with Gasteiger partial charge in [-0.1, -0.05) is 12.1 Å². The summed E-state index contributed by atoms with van der Waals surface area (Å²) in [6.45, 7) is 1.51. The van der Waals surface area contributed by atoms with Crippen LogP contribution in [0.2, 0.25) is 0 Å². The Morgan fingerprint density at radius 1 is 1.33 bits per heavy atom. The lowest BCUT2D eigenvalue weighted by atomic mass is 9.94. The fourth-order valence-electron chi connectivity index (χ4n) is 2.16. The predicted octanol–water partition coefficient (Wildman–Crippen LogP) is 2.09. The zero-order chi connectivity index (χ0) is 13.1. The lowest BCUT2D eigenvalue weighted by Crippen LogP contribution is -2.29. The van der Waals surface area contributed by atoms with Crippen LogP contribution in [0.3, 0.4) is 0 Å². The molecule has 1 aromatic rings.